The molecule has 92 valence electrons. The van der Waals surface area contributed by atoms with Crippen LogP contribution in [0.2, 0.25) is 0 Å². The van der Waals surface area contributed by atoms with Crippen LogP contribution in [-0.4, -0.2) is 18.5 Å². The maximum absolute atomic E-state index is 13.5. The topological polar surface area (TPSA) is 26.3 Å². The lowest BCUT2D eigenvalue weighted by Gasteiger charge is -2.25. The molecular weight excluding hydrogens is 226 g/mol. The van der Waals surface area contributed by atoms with Crippen LogP contribution in [0, 0.1) is 11.6 Å². The molecule has 4 heteroatoms. The second kappa shape index (κ2) is 4.53. The first kappa shape index (κ1) is 12.2. The minimum absolute atomic E-state index is 0.476. The van der Waals surface area contributed by atoms with Gasteiger partial charge in [-0.1, -0.05) is 6.07 Å². The Balaban J connectivity index is 2.43. The monoisotopic (exact) mass is 240 g/mol. The van der Waals surface area contributed by atoms with Gasteiger partial charge < -0.3 is 4.74 Å². The summed E-state index contributed by atoms with van der Waals surface area (Å²) in [6.45, 7) is 0. The highest BCUT2D eigenvalue weighted by Gasteiger charge is 2.43. The molecule has 1 aliphatic carbocycles. The van der Waals surface area contributed by atoms with Crippen LogP contribution >= 0.6 is 0 Å². The van der Waals surface area contributed by atoms with E-state index >= 15 is 0 Å². The van der Waals surface area contributed by atoms with Gasteiger partial charge in [0.25, 0.3) is 0 Å². The molecule has 0 radical (unpaired) electrons. The van der Waals surface area contributed by atoms with Gasteiger partial charge in [-0.15, -0.1) is 0 Å². The van der Waals surface area contributed by atoms with Crippen molar-refractivity contribution in [3.05, 3.63) is 35.4 Å². The molecule has 0 heterocycles. The van der Waals surface area contributed by atoms with Gasteiger partial charge in [0.15, 0.2) is 0 Å². The molecule has 0 amide bonds. The number of rotatable bonds is 3. The van der Waals surface area contributed by atoms with Crippen LogP contribution in [0.5, 0.6) is 0 Å². The molecule has 0 N–H and O–H groups in total. The Labute approximate surface area is 98.6 Å². The van der Waals surface area contributed by atoms with Crippen molar-refractivity contribution < 1.29 is 18.3 Å². The fourth-order valence-electron chi connectivity index (χ4n) is 2.41. The van der Waals surface area contributed by atoms with Crippen LogP contribution in [0.4, 0.5) is 8.78 Å². The number of hydrogen-bond donors (Lipinski definition) is 0. The van der Waals surface area contributed by atoms with E-state index in [0.29, 0.717) is 12.8 Å². The van der Waals surface area contributed by atoms with Gasteiger partial charge >= 0.3 is 0 Å². The number of carbonyl (C=O) groups is 1. The van der Waals surface area contributed by atoms with E-state index in [1.54, 1.807) is 0 Å². The third kappa shape index (κ3) is 1.97. The zero-order chi connectivity index (χ0) is 12.5. The van der Waals surface area contributed by atoms with Gasteiger partial charge in [-0.25, -0.2) is 8.78 Å². The lowest BCUT2D eigenvalue weighted by molar-refractivity contribution is 0.00533. The summed E-state index contributed by atoms with van der Waals surface area (Å²) in [5.74, 6) is -2.22. The number of Topliss-reactive ketones (excluding diaryl/α,β-unsaturated/α-hetero) is 1. The summed E-state index contributed by atoms with van der Waals surface area (Å²) in [5, 5.41) is 0. The number of carbonyl (C=O) groups excluding carboxylic acids is 1. The Kier molecular flexibility index (Phi) is 3.24. The quantitative estimate of drug-likeness (QED) is 0.759. The van der Waals surface area contributed by atoms with Crippen molar-refractivity contribution in [2.45, 2.75) is 31.3 Å². The van der Waals surface area contributed by atoms with Gasteiger partial charge in [-0.05, 0) is 37.8 Å². The van der Waals surface area contributed by atoms with Crippen molar-refractivity contribution >= 4 is 5.78 Å². The van der Waals surface area contributed by atoms with E-state index in [1.165, 1.54) is 13.2 Å². The van der Waals surface area contributed by atoms with Crippen LogP contribution in [0.1, 0.15) is 36.0 Å². The summed E-state index contributed by atoms with van der Waals surface area (Å²) >= 11 is 0. The molecule has 0 aromatic heterocycles. The molecule has 1 fully saturated rings. The van der Waals surface area contributed by atoms with E-state index in [9.17, 15) is 13.6 Å². The van der Waals surface area contributed by atoms with Crippen LogP contribution in [0.25, 0.3) is 0 Å². The molecule has 1 aromatic carbocycles. The third-order valence-electron chi connectivity index (χ3n) is 3.41. The molecule has 2 rings (SSSR count). The first-order valence-corrected chi connectivity index (χ1v) is 5.65. The zero-order valence-electron chi connectivity index (χ0n) is 9.63. The van der Waals surface area contributed by atoms with Crippen molar-refractivity contribution in [3.8, 4) is 0 Å². The van der Waals surface area contributed by atoms with E-state index in [1.807, 2.05) is 0 Å². The first-order valence-electron chi connectivity index (χ1n) is 5.65. The van der Waals surface area contributed by atoms with Crippen LogP contribution in [-0.2, 0) is 4.74 Å². The van der Waals surface area contributed by atoms with Crippen molar-refractivity contribution in [1.82, 2.24) is 0 Å². The number of hydrogen-bond acceptors (Lipinski definition) is 2. The number of methoxy groups -OCH3 is 1. The Morgan fingerprint density at radius 1 is 1.24 bits per heavy atom. The molecule has 17 heavy (non-hydrogen) atoms. The molecule has 0 spiro atoms. The minimum atomic E-state index is -1.04. The van der Waals surface area contributed by atoms with E-state index in [4.69, 9.17) is 4.74 Å². The summed E-state index contributed by atoms with van der Waals surface area (Å²) in [4.78, 5) is 12.2. The molecule has 1 aliphatic rings. The standard InChI is InChI=1S/C13H14F2O2/c1-17-13(7-2-3-8-13)12(16)11-9(14)5-4-6-10(11)15/h4-6H,2-3,7-8H2,1H3. The highest BCUT2D eigenvalue weighted by Crippen LogP contribution is 2.36. The molecule has 0 bridgehead atoms. The van der Waals surface area contributed by atoms with Crippen molar-refractivity contribution in [2.24, 2.45) is 0 Å². The smallest absolute Gasteiger partial charge is 0.200 e. The molecule has 1 saturated carbocycles. The van der Waals surface area contributed by atoms with E-state index in [-0.39, 0.29) is 0 Å². The Bertz CT molecular complexity index is 417. The van der Waals surface area contributed by atoms with Gasteiger partial charge in [0.1, 0.15) is 17.2 Å². The molecule has 0 atom stereocenters. The largest absolute Gasteiger partial charge is 0.370 e. The molecule has 1 aromatic rings. The third-order valence-corrected chi connectivity index (χ3v) is 3.41. The number of benzene rings is 1. The maximum Gasteiger partial charge on any atom is 0.200 e. The van der Waals surface area contributed by atoms with E-state index in [0.717, 1.165) is 25.0 Å². The molecule has 0 saturated heterocycles. The average Bonchev–Trinajstić information content (AvgIpc) is 2.78. The maximum atomic E-state index is 13.5. The van der Waals surface area contributed by atoms with E-state index < -0.39 is 28.6 Å². The summed E-state index contributed by atoms with van der Waals surface area (Å²) in [6.07, 6.45) is 2.73. The second-order valence-electron chi connectivity index (χ2n) is 4.33. The SMILES string of the molecule is COC1(C(=O)c2c(F)cccc2F)CCCC1. The molecule has 0 aliphatic heterocycles. The van der Waals surface area contributed by atoms with Crippen molar-refractivity contribution in [3.63, 3.8) is 0 Å². The average molecular weight is 240 g/mol. The van der Waals surface area contributed by atoms with Gasteiger partial charge in [-0.3, -0.25) is 4.79 Å². The highest BCUT2D eigenvalue weighted by atomic mass is 19.1. The van der Waals surface area contributed by atoms with Gasteiger partial charge in [-0.2, -0.15) is 0 Å². The summed E-state index contributed by atoms with van der Waals surface area (Å²) in [6, 6.07) is 3.43. The lowest BCUT2D eigenvalue weighted by Crippen LogP contribution is -2.38. The number of ether oxygens (including phenoxy) is 1. The highest BCUT2D eigenvalue weighted by molar-refractivity contribution is 6.03. The van der Waals surface area contributed by atoms with Gasteiger partial charge in [0.05, 0.1) is 5.56 Å². The predicted molar refractivity (Wildman–Crippen MR) is 58.9 cm³/mol. The first-order chi connectivity index (χ1) is 8.10. The Morgan fingerprint density at radius 2 is 1.76 bits per heavy atom. The molecule has 0 unspecified atom stereocenters. The zero-order valence-corrected chi connectivity index (χ0v) is 9.63. The summed E-state index contributed by atoms with van der Waals surface area (Å²) < 4.78 is 32.3. The Morgan fingerprint density at radius 3 is 2.24 bits per heavy atom. The predicted octanol–water partition coefficient (Wildman–Crippen LogP) is 3.11. The molecular formula is C13H14F2O2. The summed E-state index contributed by atoms with van der Waals surface area (Å²) in [7, 11) is 1.42. The fourth-order valence-corrected chi connectivity index (χ4v) is 2.41. The van der Waals surface area contributed by atoms with Crippen molar-refractivity contribution in [1.29, 1.82) is 0 Å². The van der Waals surface area contributed by atoms with Gasteiger partial charge in [0, 0.05) is 7.11 Å². The number of halogens is 2. The minimum Gasteiger partial charge on any atom is -0.370 e. The van der Waals surface area contributed by atoms with E-state index in [2.05, 4.69) is 0 Å². The molecule has 2 nitrogen and oxygen atoms in total. The van der Waals surface area contributed by atoms with Gasteiger partial charge in [0.2, 0.25) is 5.78 Å². The second-order valence-corrected chi connectivity index (χ2v) is 4.33. The lowest BCUT2D eigenvalue weighted by atomic mass is 9.90. The van der Waals surface area contributed by atoms with Crippen molar-refractivity contribution in [2.75, 3.05) is 7.11 Å². The normalized spacial score (nSPS) is 18.3. The summed E-state index contributed by atoms with van der Waals surface area (Å²) in [5.41, 5.74) is -1.51. The van der Waals surface area contributed by atoms with Crippen LogP contribution in [0.15, 0.2) is 18.2 Å². The Hall–Kier alpha value is -1.29. The van der Waals surface area contributed by atoms with Crippen LogP contribution in [0.3, 0.4) is 0 Å². The number of ketones is 1. The van der Waals surface area contributed by atoms with Crippen LogP contribution < -0.4 is 0 Å². The fraction of sp³-hybridized carbons (Fsp3) is 0.462.